The number of carbonyl (C=O) groups is 4. The van der Waals surface area contributed by atoms with Gasteiger partial charge in [-0.3, -0.25) is 24.1 Å². The first-order valence-corrected chi connectivity index (χ1v) is 7.77. The average molecular weight is 333 g/mol. The van der Waals surface area contributed by atoms with E-state index in [1.54, 1.807) is 0 Å². The van der Waals surface area contributed by atoms with Gasteiger partial charge in [0, 0.05) is 18.2 Å². The molecule has 0 aromatic carbocycles. The molecule has 1 rings (SSSR count). The number of nitrogens with zero attached hydrogens (tertiary/aromatic N) is 1. The van der Waals surface area contributed by atoms with Crippen molar-refractivity contribution in [1.82, 2.24) is 4.90 Å². The van der Waals surface area contributed by atoms with E-state index in [0.29, 0.717) is 6.42 Å². The SMILES string of the molecule is CCC(CN1CC(=O)C[C@H]1C(=O)O)SC(CC(=O)O)C(=O)O. The minimum absolute atomic E-state index is 0.0324. The maximum Gasteiger partial charge on any atom is 0.321 e. The van der Waals surface area contributed by atoms with Crippen molar-refractivity contribution in [1.29, 1.82) is 0 Å². The van der Waals surface area contributed by atoms with E-state index in [4.69, 9.17) is 15.3 Å². The molecular weight excluding hydrogens is 314 g/mol. The zero-order valence-electron chi connectivity index (χ0n) is 12.1. The van der Waals surface area contributed by atoms with Crippen LogP contribution < -0.4 is 0 Å². The highest BCUT2D eigenvalue weighted by Crippen LogP contribution is 2.26. The summed E-state index contributed by atoms with van der Waals surface area (Å²) in [6, 6.07) is -0.884. The number of carboxylic acid groups (broad SMARTS) is 3. The second kappa shape index (κ2) is 8.14. The molecule has 0 bridgehead atoms. The van der Waals surface area contributed by atoms with Crippen LogP contribution in [0.4, 0.5) is 0 Å². The van der Waals surface area contributed by atoms with Gasteiger partial charge in [0.2, 0.25) is 0 Å². The normalized spacial score (nSPS) is 21.5. The molecule has 0 aromatic rings. The number of hydrogen-bond donors (Lipinski definition) is 3. The lowest BCUT2D eigenvalue weighted by molar-refractivity contribution is -0.143. The topological polar surface area (TPSA) is 132 Å². The van der Waals surface area contributed by atoms with Crippen LogP contribution in [0.1, 0.15) is 26.2 Å². The van der Waals surface area contributed by atoms with Gasteiger partial charge in [0.1, 0.15) is 17.1 Å². The Morgan fingerprint density at radius 1 is 1.32 bits per heavy atom. The van der Waals surface area contributed by atoms with Crippen molar-refractivity contribution in [2.24, 2.45) is 0 Å². The molecule has 1 saturated heterocycles. The molecule has 1 heterocycles. The van der Waals surface area contributed by atoms with E-state index in [0.717, 1.165) is 11.8 Å². The third-order valence-electron chi connectivity index (χ3n) is 3.41. The van der Waals surface area contributed by atoms with Crippen LogP contribution >= 0.6 is 11.8 Å². The molecule has 0 radical (unpaired) electrons. The Balaban J connectivity index is 2.70. The zero-order valence-corrected chi connectivity index (χ0v) is 12.9. The van der Waals surface area contributed by atoms with Crippen molar-refractivity contribution in [3.63, 3.8) is 0 Å². The smallest absolute Gasteiger partial charge is 0.321 e. The van der Waals surface area contributed by atoms with Crippen molar-refractivity contribution in [2.75, 3.05) is 13.1 Å². The van der Waals surface area contributed by atoms with E-state index in [1.165, 1.54) is 4.90 Å². The van der Waals surface area contributed by atoms with Gasteiger partial charge < -0.3 is 15.3 Å². The second-order valence-electron chi connectivity index (χ2n) is 5.12. The highest BCUT2D eigenvalue weighted by Gasteiger charge is 2.37. The predicted molar refractivity (Wildman–Crippen MR) is 78.0 cm³/mol. The third kappa shape index (κ3) is 5.30. The van der Waals surface area contributed by atoms with Gasteiger partial charge in [-0.05, 0) is 6.42 Å². The van der Waals surface area contributed by atoms with Crippen LogP contribution in [0.3, 0.4) is 0 Å². The van der Waals surface area contributed by atoms with Crippen LogP contribution in [0.15, 0.2) is 0 Å². The minimum atomic E-state index is -1.21. The lowest BCUT2D eigenvalue weighted by atomic mass is 10.2. The lowest BCUT2D eigenvalue weighted by Crippen LogP contribution is -2.40. The maximum atomic E-state index is 11.4. The van der Waals surface area contributed by atoms with E-state index in [2.05, 4.69) is 0 Å². The number of carbonyl (C=O) groups excluding carboxylic acids is 1. The molecule has 1 aliphatic rings. The molecule has 124 valence electrons. The second-order valence-corrected chi connectivity index (χ2v) is 6.63. The summed E-state index contributed by atoms with van der Waals surface area (Å²) in [4.78, 5) is 45.9. The molecule has 0 aromatic heterocycles. The molecule has 0 saturated carbocycles. The van der Waals surface area contributed by atoms with Gasteiger partial charge in [-0.2, -0.15) is 0 Å². The molecule has 0 spiro atoms. The van der Waals surface area contributed by atoms with Gasteiger partial charge in [0.25, 0.3) is 0 Å². The molecule has 3 N–H and O–H groups in total. The highest BCUT2D eigenvalue weighted by molar-refractivity contribution is 8.01. The van der Waals surface area contributed by atoms with Crippen LogP contribution in [-0.2, 0) is 19.2 Å². The van der Waals surface area contributed by atoms with Crippen molar-refractivity contribution < 1.29 is 34.5 Å². The summed E-state index contributed by atoms with van der Waals surface area (Å²) in [6.45, 7) is 2.09. The summed E-state index contributed by atoms with van der Waals surface area (Å²) in [5.74, 6) is -3.65. The lowest BCUT2D eigenvalue weighted by Gasteiger charge is -2.26. The summed E-state index contributed by atoms with van der Waals surface area (Å²) < 4.78 is 0. The molecule has 22 heavy (non-hydrogen) atoms. The maximum absolute atomic E-state index is 11.4. The number of thioether (sulfide) groups is 1. The predicted octanol–water partition coefficient (Wildman–Crippen LogP) is 0.154. The van der Waals surface area contributed by atoms with Gasteiger partial charge in [-0.25, -0.2) is 0 Å². The third-order valence-corrected chi connectivity index (χ3v) is 4.98. The number of aliphatic carboxylic acids is 3. The Hall–Kier alpha value is -1.61. The van der Waals surface area contributed by atoms with Crippen molar-refractivity contribution in [2.45, 2.75) is 42.7 Å². The van der Waals surface area contributed by atoms with E-state index < -0.39 is 35.6 Å². The van der Waals surface area contributed by atoms with Gasteiger partial charge in [0.05, 0.1) is 13.0 Å². The van der Waals surface area contributed by atoms with Crippen molar-refractivity contribution in [3.05, 3.63) is 0 Å². The minimum Gasteiger partial charge on any atom is -0.481 e. The fourth-order valence-electron chi connectivity index (χ4n) is 2.30. The van der Waals surface area contributed by atoms with E-state index in [9.17, 15) is 19.2 Å². The molecule has 2 unspecified atom stereocenters. The first-order valence-electron chi connectivity index (χ1n) is 6.83. The summed E-state index contributed by atoms with van der Waals surface area (Å²) in [5.41, 5.74) is 0. The average Bonchev–Trinajstić information content (AvgIpc) is 2.77. The molecule has 0 amide bonds. The van der Waals surface area contributed by atoms with Crippen molar-refractivity contribution >= 4 is 35.5 Å². The van der Waals surface area contributed by atoms with Gasteiger partial charge >= 0.3 is 17.9 Å². The molecule has 8 nitrogen and oxygen atoms in total. The fourth-order valence-corrected chi connectivity index (χ4v) is 3.59. The molecule has 1 fully saturated rings. The van der Waals surface area contributed by atoms with Crippen LogP contribution in [0.2, 0.25) is 0 Å². The van der Waals surface area contributed by atoms with Crippen molar-refractivity contribution in [3.8, 4) is 0 Å². The number of likely N-dealkylation sites (tertiary alicyclic amines) is 1. The number of rotatable bonds is 9. The number of hydrogen-bond acceptors (Lipinski definition) is 6. The van der Waals surface area contributed by atoms with E-state index in [1.807, 2.05) is 6.92 Å². The number of ketones is 1. The van der Waals surface area contributed by atoms with Crippen LogP contribution in [0.25, 0.3) is 0 Å². The van der Waals surface area contributed by atoms with Crippen LogP contribution in [-0.4, -0.2) is 73.5 Å². The molecular formula is C13H19NO7S. The Bertz CT molecular complexity index is 467. The largest absolute Gasteiger partial charge is 0.481 e. The monoisotopic (exact) mass is 333 g/mol. The first-order chi connectivity index (χ1) is 10.2. The Labute approximate surface area is 131 Å². The van der Waals surface area contributed by atoms with Gasteiger partial charge in [0.15, 0.2) is 0 Å². The Morgan fingerprint density at radius 2 is 1.95 bits per heavy atom. The fraction of sp³-hybridized carbons (Fsp3) is 0.692. The van der Waals surface area contributed by atoms with Gasteiger partial charge in [-0.15, -0.1) is 11.8 Å². The summed E-state index contributed by atoms with van der Waals surface area (Å²) in [5, 5.41) is 25.6. The van der Waals surface area contributed by atoms with Crippen LogP contribution in [0.5, 0.6) is 0 Å². The molecule has 3 atom stereocenters. The molecule has 9 heteroatoms. The highest BCUT2D eigenvalue weighted by atomic mass is 32.2. The summed E-state index contributed by atoms with van der Waals surface area (Å²) in [6.07, 6.45) is -0.00317. The molecule has 1 aliphatic heterocycles. The number of Topliss-reactive ketones (excluding diaryl/α,β-unsaturated/α-hetero) is 1. The van der Waals surface area contributed by atoms with Crippen LogP contribution in [0, 0.1) is 0 Å². The molecule has 0 aliphatic carbocycles. The van der Waals surface area contributed by atoms with E-state index >= 15 is 0 Å². The summed E-state index contributed by atoms with van der Waals surface area (Å²) >= 11 is 1.00. The zero-order chi connectivity index (χ0) is 16.9. The first kappa shape index (κ1) is 18.4. The quantitative estimate of drug-likeness (QED) is 0.539. The van der Waals surface area contributed by atoms with Gasteiger partial charge in [-0.1, -0.05) is 6.92 Å². The Morgan fingerprint density at radius 3 is 2.41 bits per heavy atom. The van der Waals surface area contributed by atoms with E-state index in [-0.39, 0.29) is 30.5 Å². The summed E-state index contributed by atoms with van der Waals surface area (Å²) in [7, 11) is 0. The standard InChI is InChI=1S/C13H19NO7S/c1-2-8(22-10(13(20)21)4-11(16)17)6-14-5-7(15)3-9(14)12(18)19/h8-10H,2-6H2,1H3,(H,16,17)(H,18,19)(H,20,21)/t8?,9-,10?/m0/s1. The number of carboxylic acids is 3. The Kier molecular flexibility index (Phi) is 6.82.